The van der Waals surface area contributed by atoms with E-state index in [1.54, 1.807) is 0 Å². The number of hydrogen-bond donors (Lipinski definition) is 3. The summed E-state index contributed by atoms with van der Waals surface area (Å²) in [5, 5.41) is 10.5. The number of hydrogen-bond acceptors (Lipinski definition) is 4. The molecule has 2 aliphatic rings. The maximum Gasteiger partial charge on any atom is 0.151 e. The number of piperidine rings is 1. The van der Waals surface area contributed by atoms with E-state index >= 15 is 0 Å². The molecule has 0 atom stereocenters. The summed E-state index contributed by atoms with van der Waals surface area (Å²) >= 11 is 6.04. The van der Waals surface area contributed by atoms with Gasteiger partial charge >= 0.3 is 0 Å². The van der Waals surface area contributed by atoms with E-state index in [-0.39, 0.29) is 11.4 Å². The highest BCUT2D eigenvalue weighted by Crippen LogP contribution is 2.40. The van der Waals surface area contributed by atoms with E-state index in [0.717, 1.165) is 43.6 Å². The second-order valence-corrected chi connectivity index (χ2v) is 7.09. The molecule has 136 valence electrons. The van der Waals surface area contributed by atoms with E-state index in [4.69, 9.17) is 11.6 Å². The lowest BCUT2D eigenvalue weighted by Gasteiger charge is -2.43. The first-order valence-electron chi connectivity index (χ1n) is 8.62. The maximum atomic E-state index is 14.3. The third-order valence-electron chi connectivity index (χ3n) is 4.93. The van der Waals surface area contributed by atoms with Crippen LogP contribution in [-0.2, 0) is 6.54 Å². The number of rotatable bonds is 2. The quantitative estimate of drug-likeness (QED) is 0.743. The van der Waals surface area contributed by atoms with Gasteiger partial charge in [0, 0.05) is 11.6 Å². The highest BCUT2D eigenvalue weighted by molar-refractivity contribution is 6.30. The summed E-state index contributed by atoms with van der Waals surface area (Å²) in [4.78, 5) is 4.49. The van der Waals surface area contributed by atoms with Crippen molar-refractivity contribution in [1.29, 1.82) is 0 Å². The van der Waals surface area contributed by atoms with Gasteiger partial charge in [-0.2, -0.15) is 0 Å². The molecule has 4 rings (SSSR count). The SMILES string of the molecule is Fc1ccc(F)c2c1N=C(NCc1cccc(Cl)c1)C1(CCNCC1)N2. The number of amidine groups is 1. The Morgan fingerprint density at radius 2 is 1.88 bits per heavy atom. The molecule has 4 nitrogen and oxygen atoms in total. The molecule has 1 saturated heterocycles. The average Bonchev–Trinajstić information content (AvgIpc) is 2.64. The van der Waals surface area contributed by atoms with Crippen LogP contribution in [0.25, 0.3) is 0 Å². The maximum absolute atomic E-state index is 14.3. The monoisotopic (exact) mass is 376 g/mol. The fraction of sp³-hybridized carbons (Fsp3) is 0.316. The molecular weight excluding hydrogens is 358 g/mol. The Morgan fingerprint density at radius 3 is 2.65 bits per heavy atom. The van der Waals surface area contributed by atoms with Gasteiger partial charge in [-0.15, -0.1) is 0 Å². The molecule has 3 N–H and O–H groups in total. The van der Waals surface area contributed by atoms with Gasteiger partial charge in [0.05, 0.1) is 5.54 Å². The molecule has 2 aromatic rings. The molecule has 2 aromatic carbocycles. The lowest BCUT2D eigenvalue weighted by Crippen LogP contribution is -2.58. The molecule has 0 radical (unpaired) electrons. The van der Waals surface area contributed by atoms with Crippen molar-refractivity contribution in [1.82, 2.24) is 10.6 Å². The fourth-order valence-corrected chi connectivity index (χ4v) is 3.76. The van der Waals surface area contributed by atoms with Crippen molar-refractivity contribution in [3.8, 4) is 0 Å². The third kappa shape index (κ3) is 3.15. The van der Waals surface area contributed by atoms with Gasteiger partial charge < -0.3 is 16.0 Å². The van der Waals surface area contributed by atoms with Gasteiger partial charge in [0.2, 0.25) is 0 Å². The van der Waals surface area contributed by atoms with Crippen LogP contribution in [0.5, 0.6) is 0 Å². The van der Waals surface area contributed by atoms with Crippen LogP contribution in [0.15, 0.2) is 41.4 Å². The van der Waals surface area contributed by atoms with Gasteiger partial charge in [-0.25, -0.2) is 13.8 Å². The van der Waals surface area contributed by atoms with Gasteiger partial charge in [-0.1, -0.05) is 23.7 Å². The molecule has 0 aliphatic carbocycles. The number of benzene rings is 2. The Hall–Kier alpha value is -2.18. The number of nitrogens with zero attached hydrogens (tertiary/aromatic N) is 1. The van der Waals surface area contributed by atoms with Crippen LogP contribution < -0.4 is 16.0 Å². The van der Waals surface area contributed by atoms with Crippen molar-refractivity contribution >= 4 is 28.8 Å². The summed E-state index contributed by atoms with van der Waals surface area (Å²) in [6.07, 6.45) is 1.45. The summed E-state index contributed by atoms with van der Waals surface area (Å²) in [5.74, 6) is -0.396. The van der Waals surface area contributed by atoms with Crippen LogP contribution in [0.3, 0.4) is 0 Å². The Balaban J connectivity index is 1.70. The molecule has 26 heavy (non-hydrogen) atoms. The number of halogens is 3. The summed E-state index contributed by atoms with van der Waals surface area (Å²) in [6, 6.07) is 9.76. The standard InChI is InChI=1S/C19H19ClF2N4/c20-13-3-1-2-12(10-13)11-24-18-19(6-8-23-9-7-19)26-17-15(22)5-4-14(21)16(17)25-18/h1-5,10,23,26H,6-9,11H2,(H,24,25). The van der Waals surface area contributed by atoms with Crippen LogP contribution >= 0.6 is 11.6 Å². The highest BCUT2D eigenvalue weighted by Gasteiger charge is 2.41. The molecule has 2 heterocycles. The molecular formula is C19H19ClF2N4. The summed E-state index contributed by atoms with van der Waals surface area (Å²) in [6.45, 7) is 2.05. The second kappa shape index (κ2) is 6.85. The van der Waals surface area contributed by atoms with E-state index in [2.05, 4.69) is 20.9 Å². The zero-order chi connectivity index (χ0) is 18.1. The summed E-state index contributed by atoms with van der Waals surface area (Å²) in [5.41, 5.74) is 0.614. The highest BCUT2D eigenvalue weighted by atomic mass is 35.5. The Morgan fingerprint density at radius 1 is 1.12 bits per heavy atom. The minimum atomic E-state index is -0.542. The Kier molecular flexibility index (Phi) is 4.54. The first-order valence-corrected chi connectivity index (χ1v) is 9.00. The third-order valence-corrected chi connectivity index (χ3v) is 5.16. The normalized spacial score (nSPS) is 18.0. The Labute approximate surface area is 155 Å². The zero-order valence-electron chi connectivity index (χ0n) is 14.1. The average molecular weight is 377 g/mol. The molecule has 1 spiro atoms. The summed E-state index contributed by atoms with van der Waals surface area (Å²) in [7, 11) is 0. The number of fused-ring (bicyclic) bond motifs is 1. The second-order valence-electron chi connectivity index (χ2n) is 6.65. The predicted octanol–water partition coefficient (Wildman–Crippen LogP) is 3.99. The van der Waals surface area contributed by atoms with Gasteiger partial charge in [-0.05, 0) is 55.8 Å². The van der Waals surface area contributed by atoms with Gasteiger partial charge in [-0.3, -0.25) is 0 Å². The largest absolute Gasteiger partial charge is 0.368 e. The summed E-state index contributed by atoms with van der Waals surface area (Å²) < 4.78 is 28.5. The first kappa shape index (κ1) is 17.2. The molecule has 0 bridgehead atoms. The number of nitrogens with one attached hydrogen (secondary N) is 3. The van der Waals surface area contributed by atoms with Crippen molar-refractivity contribution in [2.75, 3.05) is 18.4 Å². The molecule has 0 amide bonds. The molecule has 1 fully saturated rings. The minimum Gasteiger partial charge on any atom is -0.368 e. The Bertz CT molecular complexity index is 863. The van der Waals surface area contributed by atoms with E-state index < -0.39 is 17.2 Å². The minimum absolute atomic E-state index is 0.0164. The topological polar surface area (TPSA) is 48.5 Å². The predicted molar refractivity (Wildman–Crippen MR) is 100 cm³/mol. The number of anilines is 1. The molecule has 0 aromatic heterocycles. The van der Waals surface area contributed by atoms with Gasteiger partial charge in [0.15, 0.2) is 5.82 Å². The molecule has 0 unspecified atom stereocenters. The van der Waals surface area contributed by atoms with Crippen molar-refractivity contribution in [2.24, 2.45) is 4.99 Å². The van der Waals surface area contributed by atoms with Crippen LogP contribution in [0.2, 0.25) is 5.02 Å². The smallest absolute Gasteiger partial charge is 0.151 e. The lowest BCUT2D eigenvalue weighted by molar-refractivity contribution is 0.409. The van der Waals surface area contributed by atoms with Gasteiger partial charge in [0.1, 0.15) is 23.0 Å². The fourth-order valence-electron chi connectivity index (χ4n) is 3.54. The lowest BCUT2D eigenvalue weighted by atomic mass is 9.85. The molecule has 0 saturated carbocycles. The molecule has 2 aliphatic heterocycles. The first-order chi connectivity index (χ1) is 12.6. The van der Waals surface area contributed by atoms with Crippen LogP contribution in [-0.4, -0.2) is 24.5 Å². The van der Waals surface area contributed by atoms with Gasteiger partial charge in [0.25, 0.3) is 0 Å². The molecule has 7 heteroatoms. The van der Waals surface area contributed by atoms with Crippen LogP contribution in [0, 0.1) is 11.6 Å². The van der Waals surface area contributed by atoms with Crippen molar-refractivity contribution < 1.29 is 8.78 Å². The zero-order valence-corrected chi connectivity index (χ0v) is 14.8. The van der Waals surface area contributed by atoms with Crippen LogP contribution in [0.4, 0.5) is 20.2 Å². The van der Waals surface area contributed by atoms with Crippen LogP contribution in [0.1, 0.15) is 18.4 Å². The van der Waals surface area contributed by atoms with Crippen molar-refractivity contribution in [3.05, 3.63) is 58.6 Å². The van der Waals surface area contributed by atoms with Crippen molar-refractivity contribution in [2.45, 2.75) is 24.9 Å². The van der Waals surface area contributed by atoms with E-state index in [9.17, 15) is 8.78 Å². The van der Waals surface area contributed by atoms with E-state index in [1.807, 2.05) is 24.3 Å². The van der Waals surface area contributed by atoms with E-state index in [1.165, 1.54) is 0 Å². The van der Waals surface area contributed by atoms with E-state index in [0.29, 0.717) is 17.4 Å². The number of aliphatic imine (C=N–C) groups is 1. The van der Waals surface area contributed by atoms with Crippen molar-refractivity contribution in [3.63, 3.8) is 0 Å².